The third kappa shape index (κ3) is 6.17. The highest BCUT2D eigenvalue weighted by Crippen LogP contribution is 2.24. The zero-order valence-electron chi connectivity index (χ0n) is 16.2. The van der Waals surface area contributed by atoms with Gasteiger partial charge in [0.1, 0.15) is 9.88 Å². The molecule has 1 aromatic heterocycles. The Morgan fingerprint density at radius 1 is 1.44 bits per heavy atom. The second-order valence-corrected chi connectivity index (χ2v) is 9.80. The Kier molecular flexibility index (Phi) is 7.60. The van der Waals surface area contributed by atoms with Gasteiger partial charge in [0.05, 0.1) is 29.8 Å². The Balaban J connectivity index is 2.04. The monoisotopic (exact) mass is 416 g/mol. The molecule has 8 nitrogen and oxygen atoms in total. The van der Waals surface area contributed by atoms with Gasteiger partial charge in [0, 0.05) is 13.1 Å². The molecule has 0 saturated carbocycles. The van der Waals surface area contributed by atoms with Gasteiger partial charge in [-0.25, -0.2) is 18.2 Å². The average Bonchev–Trinajstić information content (AvgIpc) is 3.15. The first kappa shape index (κ1) is 21.6. The maximum absolute atomic E-state index is 12.0. The van der Waals surface area contributed by atoms with Crippen LogP contribution in [0.1, 0.15) is 53.6 Å². The van der Waals surface area contributed by atoms with Crippen LogP contribution in [0.2, 0.25) is 0 Å². The maximum Gasteiger partial charge on any atom is 0.350 e. The summed E-state index contributed by atoms with van der Waals surface area (Å²) >= 11 is 1.31. The lowest BCUT2D eigenvalue weighted by atomic mass is 10.1. The highest BCUT2D eigenvalue weighted by Gasteiger charge is 2.27. The van der Waals surface area contributed by atoms with E-state index in [9.17, 15) is 13.2 Å². The molecule has 0 aromatic carbocycles. The van der Waals surface area contributed by atoms with Crippen molar-refractivity contribution in [3.63, 3.8) is 0 Å². The Bertz CT molecular complexity index is 789. The van der Waals surface area contributed by atoms with E-state index in [-0.39, 0.29) is 29.4 Å². The summed E-state index contributed by atoms with van der Waals surface area (Å²) in [6, 6.07) is -0.151. The van der Waals surface area contributed by atoms with Gasteiger partial charge in [-0.1, -0.05) is 0 Å². The number of aryl methyl sites for hydroxylation is 1. The molecular formula is C17H28N4O4S2. The van der Waals surface area contributed by atoms with Gasteiger partial charge in [0.15, 0.2) is 15.8 Å². The number of ether oxygens (including phenoxy) is 1. The fourth-order valence-corrected chi connectivity index (χ4v) is 5.62. The molecule has 0 amide bonds. The van der Waals surface area contributed by atoms with E-state index >= 15 is 0 Å². The minimum atomic E-state index is -2.90. The lowest BCUT2D eigenvalue weighted by Crippen LogP contribution is -2.39. The lowest BCUT2D eigenvalue weighted by Gasteiger charge is -2.16. The summed E-state index contributed by atoms with van der Waals surface area (Å²) in [6.07, 6.45) is 0.662. The first-order valence-electron chi connectivity index (χ1n) is 9.15. The van der Waals surface area contributed by atoms with E-state index < -0.39 is 9.84 Å². The Morgan fingerprint density at radius 2 is 2.19 bits per heavy atom. The normalized spacial score (nSPS) is 20.3. The van der Waals surface area contributed by atoms with Crippen LogP contribution in [0.5, 0.6) is 0 Å². The molecule has 2 unspecified atom stereocenters. The molecule has 2 rings (SSSR count). The van der Waals surface area contributed by atoms with Crippen molar-refractivity contribution in [2.24, 2.45) is 10.9 Å². The first-order chi connectivity index (χ1) is 12.8. The number of aliphatic imine (C=N–C) groups is 1. The van der Waals surface area contributed by atoms with E-state index in [1.165, 1.54) is 11.3 Å². The Labute approximate surface area is 164 Å². The smallest absolute Gasteiger partial charge is 0.350 e. The third-order valence-electron chi connectivity index (χ3n) is 4.18. The van der Waals surface area contributed by atoms with Crippen molar-refractivity contribution >= 4 is 33.1 Å². The topological polar surface area (TPSA) is 110 Å². The summed E-state index contributed by atoms with van der Waals surface area (Å²) in [6.45, 7) is 8.95. The van der Waals surface area contributed by atoms with Gasteiger partial charge in [-0.15, -0.1) is 11.3 Å². The molecule has 1 aliphatic rings. The van der Waals surface area contributed by atoms with E-state index in [1.807, 2.05) is 13.8 Å². The minimum absolute atomic E-state index is 0.0679. The van der Waals surface area contributed by atoms with E-state index in [2.05, 4.69) is 20.6 Å². The SMILES string of the molecule is CCNC(=NCC1CCS(=O)(=O)C1)NC(C)c1nc(C)c(C(=O)OCC)s1. The zero-order chi connectivity index (χ0) is 20.0. The number of rotatable bonds is 7. The van der Waals surface area contributed by atoms with Gasteiger partial charge < -0.3 is 15.4 Å². The van der Waals surface area contributed by atoms with Gasteiger partial charge in [-0.2, -0.15) is 0 Å². The molecule has 0 spiro atoms. The van der Waals surface area contributed by atoms with Crippen LogP contribution in [-0.2, 0) is 14.6 Å². The van der Waals surface area contributed by atoms with Gasteiger partial charge in [-0.3, -0.25) is 4.99 Å². The number of nitrogens with zero attached hydrogens (tertiary/aromatic N) is 2. The molecular weight excluding hydrogens is 388 g/mol. The molecule has 10 heteroatoms. The Morgan fingerprint density at radius 3 is 2.78 bits per heavy atom. The van der Waals surface area contributed by atoms with E-state index in [1.54, 1.807) is 13.8 Å². The zero-order valence-corrected chi connectivity index (χ0v) is 17.9. The molecule has 1 aromatic rings. The van der Waals surface area contributed by atoms with Crippen molar-refractivity contribution in [2.45, 2.75) is 40.2 Å². The Hall–Kier alpha value is -1.68. The molecule has 1 fully saturated rings. The van der Waals surface area contributed by atoms with E-state index in [4.69, 9.17) is 4.74 Å². The molecule has 2 heterocycles. The minimum Gasteiger partial charge on any atom is -0.462 e. The van der Waals surface area contributed by atoms with E-state index in [0.717, 1.165) is 5.01 Å². The van der Waals surface area contributed by atoms with Crippen molar-refractivity contribution in [1.29, 1.82) is 0 Å². The molecule has 152 valence electrons. The van der Waals surface area contributed by atoms with Crippen molar-refractivity contribution in [3.8, 4) is 0 Å². The molecule has 2 N–H and O–H groups in total. The van der Waals surface area contributed by atoms with Gasteiger partial charge >= 0.3 is 5.97 Å². The number of guanidine groups is 1. The molecule has 1 saturated heterocycles. The second kappa shape index (κ2) is 9.50. The van der Waals surface area contributed by atoms with Gasteiger partial charge in [0.25, 0.3) is 0 Å². The summed E-state index contributed by atoms with van der Waals surface area (Å²) in [7, 11) is -2.90. The van der Waals surface area contributed by atoms with Crippen LogP contribution in [0.4, 0.5) is 0 Å². The second-order valence-electron chi connectivity index (χ2n) is 6.54. The van der Waals surface area contributed by atoms with Gasteiger partial charge in [-0.05, 0) is 40.0 Å². The number of hydrogen-bond donors (Lipinski definition) is 2. The highest BCUT2D eigenvalue weighted by atomic mass is 32.2. The fraction of sp³-hybridized carbons (Fsp3) is 0.706. The summed E-state index contributed by atoms with van der Waals surface area (Å²) in [5.74, 6) is 0.787. The quantitative estimate of drug-likeness (QED) is 0.395. The predicted molar refractivity (Wildman–Crippen MR) is 107 cm³/mol. The van der Waals surface area contributed by atoms with Crippen molar-refractivity contribution in [3.05, 3.63) is 15.6 Å². The largest absolute Gasteiger partial charge is 0.462 e. The number of esters is 1. The number of aromatic nitrogens is 1. The molecule has 1 aliphatic heterocycles. The van der Waals surface area contributed by atoms with Crippen LogP contribution in [0.15, 0.2) is 4.99 Å². The number of thiazole rings is 1. The molecule has 27 heavy (non-hydrogen) atoms. The first-order valence-corrected chi connectivity index (χ1v) is 11.8. The van der Waals surface area contributed by atoms with Gasteiger partial charge in [0.2, 0.25) is 0 Å². The summed E-state index contributed by atoms with van der Waals surface area (Å²) in [5, 5.41) is 7.21. The lowest BCUT2D eigenvalue weighted by molar-refractivity contribution is 0.0531. The number of sulfone groups is 1. The highest BCUT2D eigenvalue weighted by molar-refractivity contribution is 7.91. The van der Waals surface area contributed by atoms with Crippen LogP contribution in [0.3, 0.4) is 0 Å². The average molecular weight is 417 g/mol. The number of carbonyl (C=O) groups excluding carboxylic acids is 1. The third-order valence-corrected chi connectivity index (χ3v) is 7.33. The summed E-state index contributed by atoms with van der Waals surface area (Å²) < 4.78 is 28.2. The molecule has 0 aliphatic carbocycles. The molecule has 0 radical (unpaired) electrons. The van der Waals surface area contributed by atoms with Crippen molar-refractivity contribution in [2.75, 3.05) is 31.2 Å². The summed E-state index contributed by atoms with van der Waals surface area (Å²) in [5.41, 5.74) is 0.653. The predicted octanol–water partition coefficient (Wildman–Crippen LogP) is 1.68. The summed E-state index contributed by atoms with van der Waals surface area (Å²) in [4.78, 5) is 21.5. The van der Waals surface area contributed by atoms with Crippen LogP contribution in [0.25, 0.3) is 0 Å². The van der Waals surface area contributed by atoms with Crippen LogP contribution in [-0.4, -0.2) is 56.5 Å². The molecule has 0 bridgehead atoms. The standard InChI is InChI=1S/C17H28N4O4S2/c1-5-18-17(19-9-13-7-8-27(23,24)10-13)21-12(4)15-20-11(3)14(26-15)16(22)25-6-2/h12-13H,5-10H2,1-4H3,(H2,18,19,21). The van der Waals surface area contributed by atoms with Crippen molar-refractivity contribution in [1.82, 2.24) is 15.6 Å². The van der Waals surface area contributed by atoms with Crippen LogP contribution >= 0.6 is 11.3 Å². The van der Waals surface area contributed by atoms with E-state index in [0.29, 0.717) is 42.6 Å². The van der Waals surface area contributed by atoms with Crippen molar-refractivity contribution < 1.29 is 17.9 Å². The fourth-order valence-electron chi connectivity index (χ4n) is 2.81. The number of nitrogens with one attached hydrogen (secondary N) is 2. The number of hydrogen-bond acceptors (Lipinski definition) is 7. The maximum atomic E-state index is 12.0. The van der Waals surface area contributed by atoms with Crippen LogP contribution in [0, 0.1) is 12.8 Å². The van der Waals surface area contributed by atoms with Crippen LogP contribution < -0.4 is 10.6 Å². The molecule has 2 atom stereocenters. The number of carbonyl (C=O) groups is 1.